The maximum absolute atomic E-state index is 11.7. The van der Waals surface area contributed by atoms with E-state index in [4.69, 9.17) is 0 Å². The highest BCUT2D eigenvalue weighted by atomic mass is 32.2. The van der Waals surface area contributed by atoms with Crippen molar-refractivity contribution in [1.82, 2.24) is 0 Å². The van der Waals surface area contributed by atoms with Crippen molar-refractivity contribution in [1.29, 1.82) is 0 Å². The molecule has 0 aliphatic carbocycles. The molecule has 80 valence electrons. The van der Waals surface area contributed by atoms with Crippen molar-refractivity contribution < 1.29 is 9.59 Å². The van der Waals surface area contributed by atoms with Crippen LogP contribution in [0.1, 0.15) is 10.4 Å². The minimum absolute atomic E-state index is 0.0480. The number of para-hydroxylation sites is 1. The zero-order valence-corrected chi connectivity index (χ0v) is 9.58. The molecule has 0 heterocycles. The van der Waals surface area contributed by atoms with Crippen molar-refractivity contribution in [2.45, 2.75) is 0 Å². The van der Waals surface area contributed by atoms with Crippen LogP contribution in [0, 0.1) is 0 Å². The summed E-state index contributed by atoms with van der Waals surface area (Å²) >= 11 is 1.48. The molecule has 0 aromatic heterocycles. The first-order valence-corrected chi connectivity index (χ1v) is 5.89. The van der Waals surface area contributed by atoms with Crippen LogP contribution < -0.4 is 4.90 Å². The minimum atomic E-state index is 0.0480. The fourth-order valence-electron chi connectivity index (χ4n) is 1.28. The third-order valence-electron chi connectivity index (χ3n) is 2.02. The van der Waals surface area contributed by atoms with Gasteiger partial charge in [0.2, 0.25) is 6.41 Å². The number of amides is 1. The molecule has 0 aliphatic rings. The molecule has 0 unspecified atom stereocenters. The van der Waals surface area contributed by atoms with Crippen molar-refractivity contribution in [3.8, 4) is 0 Å². The van der Waals surface area contributed by atoms with E-state index in [1.54, 1.807) is 25.2 Å². The summed E-state index contributed by atoms with van der Waals surface area (Å²) < 4.78 is 0. The van der Waals surface area contributed by atoms with E-state index < -0.39 is 0 Å². The van der Waals surface area contributed by atoms with Crippen molar-refractivity contribution in [3.05, 3.63) is 29.8 Å². The number of thioether (sulfide) groups is 1. The molecule has 0 saturated carbocycles. The molecule has 0 fully saturated rings. The molecule has 1 aromatic carbocycles. The lowest BCUT2D eigenvalue weighted by Gasteiger charge is -2.14. The van der Waals surface area contributed by atoms with Crippen molar-refractivity contribution in [3.63, 3.8) is 0 Å². The van der Waals surface area contributed by atoms with Crippen LogP contribution >= 0.6 is 11.8 Å². The Hall–Kier alpha value is -1.29. The molecule has 0 radical (unpaired) electrons. The van der Waals surface area contributed by atoms with Gasteiger partial charge in [0.15, 0.2) is 5.78 Å². The van der Waals surface area contributed by atoms with Gasteiger partial charge in [0.25, 0.3) is 0 Å². The molecule has 0 spiro atoms. The maximum atomic E-state index is 11.7. The summed E-state index contributed by atoms with van der Waals surface area (Å²) in [5, 5.41) is 0. The number of ketones is 1. The zero-order valence-electron chi connectivity index (χ0n) is 8.77. The van der Waals surface area contributed by atoms with E-state index in [1.165, 1.54) is 16.7 Å². The molecule has 0 bridgehead atoms. The largest absolute Gasteiger partial charge is 0.317 e. The number of hydrogen-bond acceptors (Lipinski definition) is 3. The van der Waals surface area contributed by atoms with Gasteiger partial charge >= 0.3 is 0 Å². The molecule has 0 saturated heterocycles. The molecule has 15 heavy (non-hydrogen) atoms. The lowest BCUT2D eigenvalue weighted by molar-refractivity contribution is -0.107. The first kappa shape index (κ1) is 11.8. The Morgan fingerprint density at radius 2 is 2.13 bits per heavy atom. The number of benzene rings is 1. The van der Waals surface area contributed by atoms with E-state index in [2.05, 4.69) is 0 Å². The number of rotatable bonds is 5. The van der Waals surface area contributed by atoms with Crippen LogP contribution in [-0.4, -0.2) is 31.2 Å². The molecule has 4 heteroatoms. The summed E-state index contributed by atoms with van der Waals surface area (Å²) in [5.41, 5.74) is 1.26. The number of hydrogen-bond donors (Lipinski definition) is 0. The summed E-state index contributed by atoms with van der Waals surface area (Å²) in [6.45, 7) is 0. The molecule has 1 rings (SSSR count). The SMILES string of the molecule is CSCC(=O)c1ccccc1N(C)C=O. The minimum Gasteiger partial charge on any atom is -0.317 e. The van der Waals surface area contributed by atoms with E-state index in [-0.39, 0.29) is 5.78 Å². The van der Waals surface area contributed by atoms with Crippen LogP contribution in [-0.2, 0) is 4.79 Å². The Morgan fingerprint density at radius 1 is 1.47 bits per heavy atom. The third kappa shape index (κ3) is 2.83. The van der Waals surface area contributed by atoms with Crippen LogP contribution in [0.5, 0.6) is 0 Å². The van der Waals surface area contributed by atoms with E-state index in [1.807, 2.05) is 12.3 Å². The number of carbonyl (C=O) groups is 2. The zero-order chi connectivity index (χ0) is 11.3. The highest BCUT2D eigenvalue weighted by Gasteiger charge is 2.12. The summed E-state index contributed by atoms with van der Waals surface area (Å²) in [7, 11) is 1.64. The fourth-order valence-corrected chi connectivity index (χ4v) is 1.70. The third-order valence-corrected chi connectivity index (χ3v) is 2.57. The van der Waals surface area contributed by atoms with Gasteiger partial charge < -0.3 is 4.90 Å². The molecule has 0 atom stereocenters. The van der Waals surface area contributed by atoms with E-state index in [0.29, 0.717) is 23.4 Å². The predicted octanol–water partition coefficient (Wildman–Crippen LogP) is 1.82. The summed E-state index contributed by atoms with van der Waals surface area (Å²) in [4.78, 5) is 23.8. The monoisotopic (exact) mass is 223 g/mol. The lowest BCUT2D eigenvalue weighted by atomic mass is 10.1. The Labute approximate surface area is 93.5 Å². The van der Waals surface area contributed by atoms with Gasteiger partial charge in [-0.3, -0.25) is 9.59 Å². The van der Waals surface area contributed by atoms with Crippen LogP contribution in [0.3, 0.4) is 0 Å². The molecule has 3 nitrogen and oxygen atoms in total. The highest BCUT2D eigenvalue weighted by molar-refractivity contribution is 7.99. The van der Waals surface area contributed by atoms with E-state index in [0.717, 1.165) is 0 Å². The fraction of sp³-hybridized carbons (Fsp3) is 0.273. The van der Waals surface area contributed by atoms with Gasteiger partial charge in [-0.15, -0.1) is 0 Å². The number of anilines is 1. The first-order chi connectivity index (χ1) is 7.20. The molecule has 0 aliphatic heterocycles. The topological polar surface area (TPSA) is 37.4 Å². The second-order valence-electron chi connectivity index (χ2n) is 3.09. The number of carbonyl (C=O) groups excluding carboxylic acids is 2. The Kier molecular flexibility index (Phi) is 4.37. The van der Waals surface area contributed by atoms with E-state index >= 15 is 0 Å². The molecule has 0 N–H and O–H groups in total. The molecule has 1 aromatic rings. The van der Waals surface area contributed by atoms with Gasteiger partial charge in [-0.1, -0.05) is 12.1 Å². The second-order valence-corrected chi connectivity index (χ2v) is 3.96. The van der Waals surface area contributed by atoms with Crippen LogP contribution in [0.4, 0.5) is 5.69 Å². The molecule has 1 amide bonds. The quantitative estimate of drug-likeness (QED) is 0.564. The highest BCUT2D eigenvalue weighted by Crippen LogP contribution is 2.19. The van der Waals surface area contributed by atoms with Crippen LogP contribution in [0.15, 0.2) is 24.3 Å². The molecular formula is C11H13NO2S. The normalized spacial score (nSPS) is 9.73. The van der Waals surface area contributed by atoms with Gasteiger partial charge in [0.05, 0.1) is 11.4 Å². The van der Waals surface area contributed by atoms with Gasteiger partial charge in [-0.05, 0) is 18.4 Å². The Balaban J connectivity index is 3.05. The van der Waals surface area contributed by atoms with Gasteiger partial charge in [0.1, 0.15) is 0 Å². The van der Waals surface area contributed by atoms with Gasteiger partial charge in [0, 0.05) is 12.6 Å². The first-order valence-electron chi connectivity index (χ1n) is 4.50. The average molecular weight is 223 g/mol. The van der Waals surface area contributed by atoms with Crippen molar-refractivity contribution in [2.75, 3.05) is 24.0 Å². The summed E-state index contributed by atoms with van der Waals surface area (Å²) in [5.74, 6) is 0.482. The average Bonchev–Trinajstić information content (AvgIpc) is 2.28. The van der Waals surface area contributed by atoms with Gasteiger partial charge in [-0.2, -0.15) is 11.8 Å². The summed E-state index contributed by atoms with van der Waals surface area (Å²) in [6, 6.07) is 7.12. The number of Topliss-reactive ketones (excluding diaryl/α,β-unsaturated/α-hetero) is 1. The number of nitrogens with zero attached hydrogens (tertiary/aromatic N) is 1. The standard InChI is InChI=1S/C11H13NO2S/c1-12(8-13)10-6-4-3-5-9(10)11(14)7-15-2/h3-6,8H,7H2,1-2H3. The smallest absolute Gasteiger partial charge is 0.213 e. The van der Waals surface area contributed by atoms with E-state index in [9.17, 15) is 9.59 Å². The summed E-state index contributed by atoms with van der Waals surface area (Å²) in [6.07, 6.45) is 2.58. The lowest BCUT2D eigenvalue weighted by Crippen LogP contribution is -2.18. The second kappa shape index (κ2) is 5.56. The maximum Gasteiger partial charge on any atom is 0.213 e. The molecular weight excluding hydrogens is 210 g/mol. The van der Waals surface area contributed by atoms with Gasteiger partial charge in [-0.25, -0.2) is 0 Å². The van der Waals surface area contributed by atoms with Crippen LogP contribution in [0.25, 0.3) is 0 Å². The Bertz CT molecular complexity index is 365. The van der Waals surface area contributed by atoms with Crippen molar-refractivity contribution in [2.24, 2.45) is 0 Å². The predicted molar refractivity (Wildman–Crippen MR) is 63.6 cm³/mol. The van der Waals surface area contributed by atoms with Crippen LogP contribution in [0.2, 0.25) is 0 Å². The Morgan fingerprint density at radius 3 is 2.73 bits per heavy atom. The van der Waals surface area contributed by atoms with Crippen molar-refractivity contribution >= 4 is 29.6 Å².